The second-order valence-corrected chi connectivity index (χ2v) is 4.18. The van der Waals surface area contributed by atoms with Crippen molar-refractivity contribution in [3.8, 4) is 0 Å². The molecule has 0 aliphatic carbocycles. The molecule has 0 amide bonds. The molecular weight excluding hydrogens is 204 g/mol. The second kappa shape index (κ2) is 2.97. The molecule has 62 valence electrons. The van der Waals surface area contributed by atoms with Gasteiger partial charge in [0.1, 0.15) is 0 Å². The van der Waals surface area contributed by atoms with E-state index in [9.17, 15) is 0 Å². The van der Waals surface area contributed by atoms with Gasteiger partial charge in [0.2, 0.25) is 0 Å². The van der Waals surface area contributed by atoms with Crippen molar-refractivity contribution < 1.29 is 0 Å². The van der Waals surface area contributed by atoms with Crippen molar-refractivity contribution in [2.75, 3.05) is 0 Å². The van der Waals surface area contributed by atoms with Gasteiger partial charge in [-0.15, -0.1) is 0 Å². The molecule has 0 unspecified atom stereocenters. The van der Waals surface area contributed by atoms with Crippen LogP contribution < -0.4 is 0 Å². The average Bonchev–Trinajstić information content (AvgIpc) is 2.36. The van der Waals surface area contributed by atoms with E-state index >= 15 is 0 Å². The third kappa shape index (κ3) is 1.83. The summed E-state index contributed by atoms with van der Waals surface area (Å²) in [7, 11) is 0. The van der Waals surface area contributed by atoms with Crippen molar-refractivity contribution in [2.45, 2.75) is 32.7 Å². The van der Waals surface area contributed by atoms with E-state index in [1.54, 1.807) is 0 Å². The highest BCUT2D eigenvalue weighted by molar-refractivity contribution is 9.10. The van der Waals surface area contributed by atoms with E-state index in [0.717, 1.165) is 10.9 Å². The van der Waals surface area contributed by atoms with Gasteiger partial charge in [0.15, 0.2) is 0 Å². The van der Waals surface area contributed by atoms with Gasteiger partial charge in [-0.25, -0.2) is 0 Å². The summed E-state index contributed by atoms with van der Waals surface area (Å²) in [5.41, 5.74) is 0.131. The summed E-state index contributed by atoms with van der Waals surface area (Å²) in [5.74, 6) is 0. The van der Waals surface area contributed by atoms with Gasteiger partial charge in [-0.1, -0.05) is 6.92 Å². The largest absolute Gasteiger partial charge is 0.266 e. The third-order valence-corrected chi connectivity index (χ3v) is 2.45. The summed E-state index contributed by atoms with van der Waals surface area (Å²) in [6, 6.07) is 0. The van der Waals surface area contributed by atoms with E-state index < -0.39 is 0 Å². The Balaban J connectivity index is 2.92. The molecule has 0 bridgehead atoms. The maximum absolute atomic E-state index is 4.23. The van der Waals surface area contributed by atoms with Crippen LogP contribution >= 0.6 is 15.9 Å². The zero-order valence-corrected chi connectivity index (χ0v) is 8.72. The fraction of sp³-hybridized carbons (Fsp3) is 0.625. The topological polar surface area (TPSA) is 17.8 Å². The Morgan fingerprint density at radius 1 is 1.64 bits per heavy atom. The van der Waals surface area contributed by atoms with Crippen LogP contribution in [-0.4, -0.2) is 9.78 Å². The third-order valence-electron chi connectivity index (χ3n) is 2.04. The molecule has 0 aliphatic rings. The summed E-state index contributed by atoms with van der Waals surface area (Å²) in [4.78, 5) is 0. The lowest BCUT2D eigenvalue weighted by atomic mass is 10.0. The van der Waals surface area contributed by atoms with E-state index in [-0.39, 0.29) is 5.54 Å². The van der Waals surface area contributed by atoms with Crippen LogP contribution in [0.25, 0.3) is 0 Å². The van der Waals surface area contributed by atoms with Gasteiger partial charge in [0.25, 0.3) is 0 Å². The molecule has 1 aromatic heterocycles. The summed E-state index contributed by atoms with van der Waals surface area (Å²) in [5, 5.41) is 4.23. The first-order valence-electron chi connectivity index (χ1n) is 3.77. The molecule has 1 rings (SSSR count). The molecule has 0 atom stereocenters. The van der Waals surface area contributed by atoms with Gasteiger partial charge in [-0.2, -0.15) is 5.10 Å². The first kappa shape index (κ1) is 8.78. The number of aromatic nitrogens is 2. The van der Waals surface area contributed by atoms with Crippen molar-refractivity contribution in [1.82, 2.24) is 9.78 Å². The molecule has 0 spiro atoms. The van der Waals surface area contributed by atoms with Crippen LogP contribution in [0.2, 0.25) is 0 Å². The van der Waals surface area contributed by atoms with Gasteiger partial charge < -0.3 is 0 Å². The van der Waals surface area contributed by atoms with Crippen molar-refractivity contribution in [3.63, 3.8) is 0 Å². The van der Waals surface area contributed by atoms with Crippen LogP contribution in [0.3, 0.4) is 0 Å². The lowest BCUT2D eigenvalue weighted by molar-refractivity contribution is 0.308. The lowest BCUT2D eigenvalue weighted by Gasteiger charge is -2.22. The Kier molecular flexibility index (Phi) is 2.37. The van der Waals surface area contributed by atoms with Gasteiger partial charge in [0, 0.05) is 6.20 Å². The molecule has 1 aromatic rings. The van der Waals surface area contributed by atoms with Crippen LogP contribution in [0.5, 0.6) is 0 Å². The molecule has 0 aromatic carbocycles. The van der Waals surface area contributed by atoms with Crippen molar-refractivity contribution in [3.05, 3.63) is 16.9 Å². The molecule has 0 saturated carbocycles. The number of hydrogen-bond acceptors (Lipinski definition) is 1. The zero-order chi connectivity index (χ0) is 8.48. The fourth-order valence-electron chi connectivity index (χ4n) is 0.794. The minimum Gasteiger partial charge on any atom is -0.266 e. The second-order valence-electron chi connectivity index (χ2n) is 3.27. The summed E-state index contributed by atoms with van der Waals surface area (Å²) in [6.07, 6.45) is 4.90. The first-order chi connectivity index (χ1) is 5.06. The number of halogens is 1. The number of hydrogen-bond donors (Lipinski definition) is 0. The van der Waals surface area contributed by atoms with Crippen LogP contribution in [0.1, 0.15) is 27.2 Å². The van der Waals surface area contributed by atoms with Crippen molar-refractivity contribution in [1.29, 1.82) is 0 Å². The normalized spacial score (nSPS) is 12.0. The Labute approximate surface area is 75.7 Å². The molecule has 1 heterocycles. The average molecular weight is 217 g/mol. The first-order valence-corrected chi connectivity index (χ1v) is 4.56. The summed E-state index contributed by atoms with van der Waals surface area (Å²) in [6.45, 7) is 6.51. The highest BCUT2D eigenvalue weighted by Crippen LogP contribution is 2.20. The maximum Gasteiger partial charge on any atom is 0.0632 e. The van der Waals surface area contributed by atoms with Crippen LogP contribution in [0.15, 0.2) is 16.9 Å². The fourth-order valence-corrected chi connectivity index (χ4v) is 1.08. The van der Waals surface area contributed by atoms with Crippen molar-refractivity contribution in [2.24, 2.45) is 0 Å². The molecule has 2 nitrogen and oxygen atoms in total. The maximum atomic E-state index is 4.23. The molecule has 0 saturated heterocycles. The van der Waals surface area contributed by atoms with Gasteiger partial charge in [-0.3, -0.25) is 4.68 Å². The van der Waals surface area contributed by atoms with E-state index in [1.165, 1.54) is 0 Å². The highest BCUT2D eigenvalue weighted by Gasteiger charge is 2.17. The van der Waals surface area contributed by atoms with Gasteiger partial charge in [-0.05, 0) is 36.2 Å². The summed E-state index contributed by atoms with van der Waals surface area (Å²) < 4.78 is 3.02. The predicted octanol–water partition coefficient (Wildman–Crippen LogP) is 2.79. The summed E-state index contributed by atoms with van der Waals surface area (Å²) >= 11 is 3.37. The SMILES string of the molecule is CCC(C)(C)n1cc(Br)cn1. The zero-order valence-electron chi connectivity index (χ0n) is 7.13. The van der Waals surface area contributed by atoms with Gasteiger partial charge >= 0.3 is 0 Å². The van der Waals surface area contributed by atoms with E-state index in [2.05, 4.69) is 41.8 Å². The van der Waals surface area contributed by atoms with E-state index in [0.29, 0.717) is 0 Å². The van der Waals surface area contributed by atoms with E-state index in [4.69, 9.17) is 0 Å². The Bertz CT molecular complexity index is 240. The molecule has 3 heteroatoms. The minimum absolute atomic E-state index is 0.131. The molecule has 0 fully saturated rings. The lowest BCUT2D eigenvalue weighted by Crippen LogP contribution is -2.25. The molecule has 0 N–H and O–H groups in total. The van der Waals surface area contributed by atoms with Crippen LogP contribution in [0, 0.1) is 0 Å². The number of rotatable bonds is 2. The highest BCUT2D eigenvalue weighted by atomic mass is 79.9. The van der Waals surface area contributed by atoms with E-state index in [1.807, 2.05) is 17.1 Å². The van der Waals surface area contributed by atoms with Gasteiger partial charge in [0.05, 0.1) is 16.2 Å². The van der Waals surface area contributed by atoms with Crippen LogP contribution in [0.4, 0.5) is 0 Å². The Morgan fingerprint density at radius 3 is 2.64 bits per heavy atom. The predicted molar refractivity (Wildman–Crippen MR) is 49.5 cm³/mol. The van der Waals surface area contributed by atoms with Crippen LogP contribution in [-0.2, 0) is 5.54 Å². The molecule has 11 heavy (non-hydrogen) atoms. The Hall–Kier alpha value is -0.310. The molecule has 0 aliphatic heterocycles. The molecular formula is C8H13BrN2. The molecule has 0 radical (unpaired) electrons. The Morgan fingerprint density at radius 2 is 2.27 bits per heavy atom. The number of nitrogens with zero attached hydrogens (tertiary/aromatic N) is 2. The van der Waals surface area contributed by atoms with Crippen molar-refractivity contribution >= 4 is 15.9 Å². The monoisotopic (exact) mass is 216 g/mol. The smallest absolute Gasteiger partial charge is 0.0632 e. The minimum atomic E-state index is 0.131. The standard InChI is InChI=1S/C8H13BrN2/c1-4-8(2,3)11-6-7(9)5-10-11/h5-6H,4H2,1-3H3. The quantitative estimate of drug-likeness (QED) is 0.744.